The maximum atomic E-state index is 5.96. The van der Waals surface area contributed by atoms with Crippen molar-refractivity contribution in [2.75, 3.05) is 41.3 Å². The van der Waals surface area contributed by atoms with Crippen molar-refractivity contribution in [3.8, 4) is 0 Å². The van der Waals surface area contributed by atoms with Gasteiger partial charge in [0.1, 0.15) is 11.6 Å². The molecule has 0 radical (unpaired) electrons. The fraction of sp³-hybridized carbons (Fsp3) is 0.500. The summed E-state index contributed by atoms with van der Waals surface area (Å²) in [6, 6.07) is 9.86. The summed E-state index contributed by atoms with van der Waals surface area (Å²) in [5.41, 5.74) is 1.11. The minimum absolute atomic E-state index is 0.515. The Morgan fingerprint density at radius 3 is 2.43 bits per heavy atom. The van der Waals surface area contributed by atoms with Crippen LogP contribution < -0.4 is 20.4 Å². The number of aromatic nitrogens is 2. The number of halogens is 1. The predicted octanol–water partition coefficient (Wildman–Crippen LogP) is 4.45. The van der Waals surface area contributed by atoms with Gasteiger partial charge in [0, 0.05) is 43.8 Å². The van der Waals surface area contributed by atoms with Crippen LogP contribution in [0.25, 0.3) is 0 Å². The third kappa shape index (κ3) is 5.52. The first-order valence-electron chi connectivity index (χ1n) is 10.7. The van der Waals surface area contributed by atoms with Crippen LogP contribution in [0.15, 0.2) is 30.3 Å². The lowest BCUT2D eigenvalue weighted by atomic mass is 10.0. The second-order valence-electron chi connectivity index (χ2n) is 8.23. The van der Waals surface area contributed by atoms with E-state index in [4.69, 9.17) is 33.8 Å². The van der Waals surface area contributed by atoms with Crippen molar-refractivity contribution in [3.63, 3.8) is 0 Å². The molecule has 0 saturated carbocycles. The molecule has 6 nitrogen and oxygen atoms in total. The summed E-state index contributed by atoms with van der Waals surface area (Å²) in [4.78, 5) is 14.3. The van der Waals surface area contributed by atoms with E-state index in [1.165, 1.54) is 25.7 Å². The molecule has 0 unspecified atom stereocenters. The zero-order valence-corrected chi connectivity index (χ0v) is 19.0. The molecule has 0 aliphatic carbocycles. The maximum absolute atomic E-state index is 5.96. The quantitative estimate of drug-likeness (QED) is 0.660. The van der Waals surface area contributed by atoms with E-state index in [1.54, 1.807) is 0 Å². The van der Waals surface area contributed by atoms with Gasteiger partial charge in [0.05, 0.1) is 0 Å². The van der Waals surface area contributed by atoms with Crippen LogP contribution in [0.3, 0.4) is 0 Å². The Hall–Kier alpha value is -2.12. The molecule has 4 rings (SSSR count). The first kappa shape index (κ1) is 21.1. The Balaban J connectivity index is 1.47. The van der Waals surface area contributed by atoms with Crippen LogP contribution >= 0.6 is 23.8 Å². The number of rotatable bonds is 5. The molecule has 1 aromatic carbocycles. The van der Waals surface area contributed by atoms with Crippen molar-refractivity contribution in [1.29, 1.82) is 0 Å². The van der Waals surface area contributed by atoms with Crippen molar-refractivity contribution in [2.24, 2.45) is 5.92 Å². The van der Waals surface area contributed by atoms with Crippen molar-refractivity contribution in [1.82, 2.24) is 15.3 Å². The van der Waals surface area contributed by atoms with Crippen molar-refractivity contribution in [2.45, 2.75) is 39.2 Å². The van der Waals surface area contributed by atoms with E-state index >= 15 is 0 Å². The van der Waals surface area contributed by atoms with Crippen LogP contribution in [0.5, 0.6) is 0 Å². The number of anilines is 3. The van der Waals surface area contributed by atoms with E-state index in [-0.39, 0.29) is 0 Å². The van der Waals surface area contributed by atoms with Crippen molar-refractivity contribution < 1.29 is 0 Å². The minimum atomic E-state index is 0.515. The van der Waals surface area contributed by atoms with Crippen LogP contribution in [0.4, 0.5) is 17.6 Å². The average molecular weight is 445 g/mol. The average Bonchev–Trinajstić information content (AvgIpc) is 3.28. The molecule has 8 heteroatoms. The van der Waals surface area contributed by atoms with Crippen LogP contribution in [0.1, 0.15) is 38.2 Å². The molecule has 0 spiro atoms. The second kappa shape index (κ2) is 9.79. The minimum Gasteiger partial charge on any atom is -0.358 e. The Morgan fingerprint density at radius 1 is 1.07 bits per heavy atom. The topological polar surface area (TPSA) is 56.3 Å². The second-order valence-corrected chi connectivity index (χ2v) is 9.07. The van der Waals surface area contributed by atoms with E-state index in [9.17, 15) is 0 Å². The van der Waals surface area contributed by atoms with Crippen LogP contribution in [0, 0.1) is 5.92 Å². The van der Waals surface area contributed by atoms with Gasteiger partial charge >= 0.3 is 0 Å². The Labute approximate surface area is 189 Å². The first-order chi connectivity index (χ1) is 14.6. The van der Waals surface area contributed by atoms with Gasteiger partial charge in [0.2, 0.25) is 5.95 Å². The number of hydrogen-bond acceptors (Lipinski definition) is 5. The van der Waals surface area contributed by atoms with E-state index in [0.717, 1.165) is 48.4 Å². The number of thiocarbonyl (C=S) groups is 1. The Kier molecular flexibility index (Phi) is 6.89. The summed E-state index contributed by atoms with van der Waals surface area (Å²) in [5.74, 6) is 3.21. The summed E-state index contributed by atoms with van der Waals surface area (Å²) in [7, 11) is 0. The van der Waals surface area contributed by atoms with E-state index < -0.39 is 0 Å². The lowest BCUT2D eigenvalue weighted by Gasteiger charge is -2.32. The summed E-state index contributed by atoms with van der Waals surface area (Å²) in [6.07, 6.45) is 4.91. The van der Waals surface area contributed by atoms with Crippen LogP contribution in [-0.2, 0) is 6.54 Å². The molecular weight excluding hydrogens is 416 g/mol. The van der Waals surface area contributed by atoms with Gasteiger partial charge in [-0.15, -0.1) is 0 Å². The molecule has 3 heterocycles. The molecule has 2 aliphatic heterocycles. The molecule has 2 aliphatic rings. The zero-order valence-electron chi connectivity index (χ0n) is 17.4. The standard InChI is InChI=1S/C22H29ClN6S/c1-16-5-4-12-29(15-16)20-13-19(28-10-2-3-11-28)25-21(26-20)27-22(30)24-14-17-6-8-18(23)9-7-17/h6-9,13,16H,2-5,10-12,14-15H2,1H3,(H2,24,25,26,27,30)/t16-/m0/s1. The molecule has 30 heavy (non-hydrogen) atoms. The van der Waals surface area contributed by atoms with Gasteiger partial charge in [-0.25, -0.2) is 0 Å². The monoisotopic (exact) mass is 444 g/mol. The van der Waals surface area contributed by atoms with E-state index in [0.29, 0.717) is 23.5 Å². The highest BCUT2D eigenvalue weighted by molar-refractivity contribution is 7.80. The van der Waals surface area contributed by atoms with Gasteiger partial charge in [-0.05, 0) is 61.5 Å². The fourth-order valence-corrected chi connectivity index (χ4v) is 4.37. The fourth-order valence-electron chi connectivity index (χ4n) is 4.08. The van der Waals surface area contributed by atoms with Gasteiger partial charge in [-0.1, -0.05) is 30.7 Å². The zero-order chi connectivity index (χ0) is 20.9. The largest absolute Gasteiger partial charge is 0.358 e. The maximum Gasteiger partial charge on any atom is 0.232 e. The smallest absolute Gasteiger partial charge is 0.232 e. The summed E-state index contributed by atoms with van der Waals surface area (Å²) >= 11 is 11.5. The third-order valence-electron chi connectivity index (χ3n) is 5.70. The molecule has 2 aromatic rings. The highest BCUT2D eigenvalue weighted by Crippen LogP contribution is 2.27. The Morgan fingerprint density at radius 2 is 1.73 bits per heavy atom. The molecule has 0 amide bonds. The van der Waals surface area contributed by atoms with Crippen LogP contribution in [0.2, 0.25) is 5.02 Å². The van der Waals surface area contributed by atoms with E-state index in [1.807, 2.05) is 24.3 Å². The molecule has 1 aromatic heterocycles. The summed E-state index contributed by atoms with van der Waals surface area (Å²) in [6.45, 7) is 7.10. The molecule has 2 fully saturated rings. The highest BCUT2D eigenvalue weighted by Gasteiger charge is 2.22. The van der Waals surface area contributed by atoms with Crippen molar-refractivity contribution in [3.05, 3.63) is 40.9 Å². The van der Waals surface area contributed by atoms with Gasteiger partial charge < -0.3 is 20.4 Å². The molecular formula is C22H29ClN6S. The number of piperidine rings is 1. The van der Waals surface area contributed by atoms with Gasteiger partial charge in [-0.3, -0.25) is 0 Å². The SMILES string of the molecule is C[C@H]1CCCN(c2cc(N3CCCC3)nc(NC(=S)NCc3ccc(Cl)cc3)n2)C1. The summed E-state index contributed by atoms with van der Waals surface area (Å²) in [5, 5.41) is 7.67. The summed E-state index contributed by atoms with van der Waals surface area (Å²) < 4.78 is 0. The molecule has 1 atom stereocenters. The lowest BCUT2D eigenvalue weighted by Crippen LogP contribution is -2.35. The van der Waals surface area contributed by atoms with Gasteiger partial charge in [0.25, 0.3) is 0 Å². The number of nitrogens with one attached hydrogen (secondary N) is 2. The Bertz CT molecular complexity index is 868. The lowest BCUT2D eigenvalue weighted by molar-refractivity contribution is 0.444. The number of nitrogens with zero attached hydrogens (tertiary/aromatic N) is 4. The van der Waals surface area contributed by atoms with Crippen LogP contribution in [-0.4, -0.2) is 41.3 Å². The first-order valence-corrected chi connectivity index (χ1v) is 11.5. The van der Waals surface area contributed by atoms with E-state index in [2.05, 4.69) is 33.4 Å². The normalized spacial score (nSPS) is 19.1. The molecule has 160 valence electrons. The molecule has 2 saturated heterocycles. The third-order valence-corrected chi connectivity index (χ3v) is 6.20. The number of hydrogen-bond donors (Lipinski definition) is 2. The molecule has 2 N–H and O–H groups in total. The number of benzene rings is 1. The van der Waals surface area contributed by atoms with Gasteiger partial charge in [0.15, 0.2) is 5.11 Å². The van der Waals surface area contributed by atoms with Crippen molar-refractivity contribution >= 4 is 46.5 Å². The molecule has 0 bridgehead atoms. The predicted molar refractivity (Wildman–Crippen MR) is 129 cm³/mol. The highest BCUT2D eigenvalue weighted by atomic mass is 35.5. The van der Waals surface area contributed by atoms with Gasteiger partial charge in [-0.2, -0.15) is 9.97 Å².